The van der Waals surface area contributed by atoms with Crippen molar-refractivity contribution in [2.24, 2.45) is 4.99 Å². The minimum absolute atomic E-state index is 0.0132. The molecule has 1 aromatic heterocycles. The highest BCUT2D eigenvalue weighted by Gasteiger charge is 2.28. The zero-order valence-electron chi connectivity index (χ0n) is 14.6. The van der Waals surface area contributed by atoms with Crippen molar-refractivity contribution >= 4 is 22.7 Å². The predicted octanol–water partition coefficient (Wildman–Crippen LogP) is 3.08. The Hall–Kier alpha value is -2.67. The highest BCUT2D eigenvalue weighted by Crippen LogP contribution is 2.30. The van der Waals surface area contributed by atoms with E-state index in [1.165, 1.54) is 0 Å². The van der Waals surface area contributed by atoms with Crippen molar-refractivity contribution in [3.8, 4) is 5.69 Å². The van der Waals surface area contributed by atoms with Crippen molar-refractivity contribution < 1.29 is 5.11 Å². The number of aliphatic imine (C=N–C) groups is 1. The van der Waals surface area contributed by atoms with Crippen LogP contribution < -0.4 is 10.6 Å². The fraction of sp³-hybridized carbons (Fsp3) is 0.200. The number of imidazole rings is 1. The van der Waals surface area contributed by atoms with Crippen molar-refractivity contribution in [1.29, 1.82) is 0 Å². The lowest BCUT2D eigenvalue weighted by atomic mass is 10.1. The molecule has 0 spiro atoms. The number of nitrogens with one attached hydrogen (secondary N) is 2. The number of rotatable bonds is 6. The number of aliphatic hydroxyl groups is 1. The van der Waals surface area contributed by atoms with Gasteiger partial charge in [0.05, 0.1) is 6.61 Å². The zero-order chi connectivity index (χ0) is 18.6. The molecule has 0 aliphatic carbocycles. The molecular formula is C20H20ClN5O. The molecule has 7 heteroatoms. The zero-order valence-corrected chi connectivity index (χ0v) is 15.3. The van der Waals surface area contributed by atoms with Gasteiger partial charge in [-0.2, -0.15) is 0 Å². The SMILES string of the molecule is OC[C@H](Cc1ccccc1)N[C@H]1N=C(Cl)Nc2c1ncn2-c1ccccc1. The average Bonchev–Trinajstić information content (AvgIpc) is 3.13. The summed E-state index contributed by atoms with van der Waals surface area (Å²) >= 11 is 6.24. The van der Waals surface area contributed by atoms with Gasteiger partial charge in [0.25, 0.3) is 0 Å². The number of amidine groups is 1. The molecule has 0 saturated heterocycles. The normalized spacial score (nSPS) is 17.0. The maximum atomic E-state index is 9.83. The van der Waals surface area contributed by atoms with E-state index in [9.17, 15) is 5.11 Å². The number of halogens is 1. The first-order valence-corrected chi connectivity index (χ1v) is 9.16. The summed E-state index contributed by atoms with van der Waals surface area (Å²) in [6, 6.07) is 19.8. The fourth-order valence-electron chi connectivity index (χ4n) is 3.19. The Kier molecular flexibility index (Phi) is 5.20. The summed E-state index contributed by atoms with van der Waals surface area (Å²) in [6.07, 6.45) is 2.00. The van der Waals surface area contributed by atoms with Gasteiger partial charge in [0.15, 0.2) is 5.29 Å². The summed E-state index contributed by atoms with van der Waals surface area (Å²) in [5.41, 5.74) is 2.87. The van der Waals surface area contributed by atoms with Crippen LogP contribution in [0.5, 0.6) is 0 Å². The summed E-state index contributed by atoms with van der Waals surface area (Å²) in [5, 5.41) is 16.6. The van der Waals surface area contributed by atoms with Gasteiger partial charge in [0.1, 0.15) is 24.0 Å². The van der Waals surface area contributed by atoms with E-state index >= 15 is 0 Å². The van der Waals surface area contributed by atoms with Gasteiger partial charge in [-0.05, 0) is 35.7 Å². The van der Waals surface area contributed by atoms with E-state index in [1.54, 1.807) is 6.33 Å². The van der Waals surface area contributed by atoms with Crippen LogP contribution in [0.4, 0.5) is 5.82 Å². The minimum atomic E-state index is -0.431. The molecule has 0 bridgehead atoms. The summed E-state index contributed by atoms with van der Waals surface area (Å²) in [4.78, 5) is 8.97. The molecule has 6 nitrogen and oxygen atoms in total. The lowest BCUT2D eigenvalue weighted by Crippen LogP contribution is -2.39. The highest BCUT2D eigenvalue weighted by molar-refractivity contribution is 6.67. The third-order valence-corrected chi connectivity index (χ3v) is 4.68. The Morgan fingerprint density at radius 1 is 1.11 bits per heavy atom. The number of fused-ring (bicyclic) bond motifs is 1. The van der Waals surface area contributed by atoms with Gasteiger partial charge in [-0.25, -0.2) is 9.98 Å². The summed E-state index contributed by atoms with van der Waals surface area (Å²) in [6.45, 7) is -0.0132. The Morgan fingerprint density at radius 3 is 2.52 bits per heavy atom. The second kappa shape index (κ2) is 7.92. The van der Waals surface area contributed by atoms with Crippen LogP contribution in [0.1, 0.15) is 17.4 Å². The smallest absolute Gasteiger partial charge is 0.198 e. The number of hydrogen-bond acceptors (Lipinski definition) is 5. The standard InChI is InChI=1S/C20H20ClN5O/c21-20-24-18(23-15(12-27)11-14-7-3-1-4-8-14)17-19(25-20)26(13-22-17)16-9-5-2-6-10-16/h1-10,13,15,18,23,27H,11-12H2,(H,24,25)/t15-,18-/m0/s1. The summed E-state index contributed by atoms with van der Waals surface area (Å²) in [5.74, 6) is 0.773. The van der Waals surface area contributed by atoms with Gasteiger partial charge in [0.2, 0.25) is 0 Å². The molecule has 3 aromatic rings. The van der Waals surface area contributed by atoms with Gasteiger partial charge in [-0.15, -0.1) is 0 Å². The number of benzene rings is 2. The molecule has 0 saturated carbocycles. The average molecular weight is 382 g/mol. The molecule has 1 aliphatic heterocycles. The minimum Gasteiger partial charge on any atom is -0.395 e. The van der Waals surface area contributed by atoms with Crippen LogP contribution in [-0.4, -0.2) is 32.6 Å². The molecule has 0 radical (unpaired) electrons. The number of para-hydroxylation sites is 1. The first kappa shape index (κ1) is 17.7. The Morgan fingerprint density at radius 2 is 1.81 bits per heavy atom. The maximum absolute atomic E-state index is 9.83. The molecular weight excluding hydrogens is 362 g/mol. The highest BCUT2D eigenvalue weighted by atomic mass is 35.5. The molecule has 27 heavy (non-hydrogen) atoms. The molecule has 2 atom stereocenters. The molecule has 138 valence electrons. The number of aliphatic hydroxyl groups excluding tert-OH is 1. The maximum Gasteiger partial charge on any atom is 0.198 e. The van der Waals surface area contributed by atoms with Crippen LogP contribution in [0.3, 0.4) is 0 Å². The molecule has 4 rings (SSSR count). The molecule has 0 amide bonds. The van der Waals surface area contributed by atoms with Crippen LogP contribution >= 0.6 is 11.6 Å². The van der Waals surface area contributed by atoms with Crippen molar-refractivity contribution in [3.05, 3.63) is 78.2 Å². The predicted molar refractivity (Wildman–Crippen MR) is 107 cm³/mol. The van der Waals surface area contributed by atoms with E-state index in [0.29, 0.717) is 6.42 Å². The lowest BCUT2D eigenvalue weighted by Gasteiger charge is -2.25. The number of aromatic nitrogens is 2. The van der Waals surface area contributed by atoms with E-state index in [-0.39, 0.29) is 17.9 Å². The topological polar surface area (TPSA) is 74.5 Å². The molecule has 1 aliphatic rings. The van der Waals surface area contributed by atoms with Crippen LogP contribution in [0.15, 0.2) is 72.0 Å². The van der Waals surface area contributed by atoms with Crippen molar-refractivity contribution in [2.75, 3.05) is 11.9 Å². The summed E-state index contributed by atoms with van der Waals surface area (Å²) < 4.78 is 1.94. The van der Waals surface area contributed by atoms with Crippen molar-refractivity contribution in [3.63, 3.8) is 0 Å². The Bertz CT molecular complexity index is 926. The quantitative estimate of drug-likeness (QED) is 0.574. The third-order valence-electron chi connectivity index (χ3n) is 4.49. The monoisotopic (exact) mass is 381 g/mol. The molecule has 0 unspecified atom stereocenters. The second-order valence-corrected chi connectivity index (χ2v) is 6.73. The van der Waals surface area contributed by atoms with E-state index in [2.05, 4.69) is 20.6 Å². The van der Waals surface area contributed by atoms with Gasteiger partial charge >= 0.3 is 0 Å². The van der Waals surface area contributed by atoms with E-state index < -0.39 is 6.17 Å². The van der Waals surface area contributed by atoms with Crippen LogP contribution in [0.2, 0.25) is 0 Å². The number of nitrogens with zero attached hydrogens (tertiary/aromatic N) is 3. The van der Waals surface area contributed by atoms with Crippen LogP contribution in [0.25, 0.3) is 5.69 Å². The third kappa shape index (κ3) is 3.88. The van der Waals surface area contributed by atoms with Gasteiger partial charge in [-0.3, -0.25) is 9.88 Å². The second-order valence-electron chi connectivity index (χ2n) is 6.37. The van der Waals surface area contributed by atoms with E-state index in [0.717, 1.165) is 22.8 Å². The molecule has 2 aromatic carbocycles. The van der Waals surface area contributed by atoms with Crippen molar-refractivity contribution in [2.45, 2.75) is 18.6 Å². The van der Waals surface area contributed by atoms with Crippen LogP contribution in [0, 0.1) is 0 Å². The lowest BCUT2D eigenvalue weighted by molar-refractivity contribution is 0.230. The molecule has 3 N–H and O–H groups in total. The van der Waals surface area contributed by atoms with E-state index in [4.69, 9.17) is 11.6 Å². The van der Waals surface area contributed by atoms with Gasteiger partial charge < -0.3 is 10.4 Å². The Balaban J connectivity index is 1.59. The number of hydrogen-bond donors (Lipinski definition) is 3. The largest absolute Gasteiger partial charge is 0.395 e. The number of anilines is 1. The first-order valence-electron chi connectivity index (χ1n) is 8.78. The van der Waals surface area contributed by atoms with Crippen molar-refractivity contribution in [1.82, 2.24) is 14.9 Å². The first-order chi connectivity index (χ1) is 13.2. The summed E-state index contributed by atoms with van der Waals surface area (Å²) in [7, 11) is 0. The van der Waals surface area contributed by atoms with Gasteiger partial charge in [-0.1, -0.05) is 48.5 Å². The van der Waals surface area contributed by atoms with E-state index in [1.807, 2.05) is 65.2 Å². The Labute approximate surface area is 162 Å². The molecule has 2 heterocycles. The van der Waals surface area contributed by atoms with Gasteiger partial charge in [0, 0.05) is 11.7 Å². The fourth-order valence-corrected chi connectivity index (χ4v) is 3.38. The molecule has 0 fully saturated rings. The van der Waals surface area contributed by atoms with Crippen LogP contribution in [-0.2, 0) is 6.42 Å².